The predicted molar refractivity (Wildman–Crippen MR) is 126 cm³/mol. The van der Waals surface area contributed by atoms with Gasteiger partial charge in [-0.2, -0.15) is 0 Å². The molecule has 0 atom stereocenters. The van der Waals surface area contributed by atoms with E-state index in [1.807, 2.05) is 47.4 Å². The predicted octanol–water partition coefficient (Wildman–Crippen LogP) is 3.40. The molecule has 7 heteroatoms. The Morgan fingerprint density at radius 1 is 0.719 bits per heavy atom. The van der Waals surface area contributed by atoms with Crippen molar-refractivity contribution in [2.45, 2.75) is 11.3 Å². The van der Waals surface area contributed by atoms with Crippen molar-refractivity contribution in [1.29, 1.82) is 0 Å². The number of benzene rings is 3. The third-order valence-corrected chi connectivity index (χ3v) is 8.05. The molecule has 2 aliphatic rings. The number of hydrogen-bond donors (Lipinski definition) is 0. The number of amides is 1. The van der Waals surface area contributed by atoms with Gasteiger partial charge in [0.05, 0.1) is 10.6 Å². The summed E-state index contributed by atoms with van der Waals surface area (Å²) < 4.78 is 27.8. The molecule has 0 aliphatic carbocycles. The summed E-state index contributed by atoms with van der Waals surface area (Å²) in [6.45, 7) is 3.26. The third kappa shape index (κ3) is 3.73. The van der Waals surface area contributed by atoms with E-state index in [0.717, 1.165) is 30.0 Å². The smallest absolute Gasteiger partial charge is 0.264 e. The second kappa shape index (κ2) is 8.31. The van der Waals surface area contributed by atoms with Crippen molar-refractivity contribution in [3.05, 3.63) is 90.0 Å². The lowest BCUT2D eigenvalue weighted by Crippen LogP contribution is -2.48. The first-order chi connectivity index (χ1) is 15.5. The lowest BCUT2D eigenvalue weighted by molar-refractivity contribution is 0.0746. The van der Waals surface area contributed by atoms with Crippen molar-refractivity contribution in [2.75, 3.05) is 41.9 Å². The van der Waals surface area contributed by atoms with Gasteiger partial charge in [-0.1, -0.05) is 36.4 Å². The Bertz CT molecular complexity index is 1220. The van der Waals surface area contributed by atoms with Crippen LogP contribution in [0.2, 0.25) is 0 Å². The number of carbonyl (C=O) groups is 1. The number of sulfonamides is 1. The third-order valence-electron chi connectivity index (χ3n) is 6.22. The highest BCUT2D eigenvalue weighted by Gasteiger charge is 2.31. The zero-order valence-corrected chi connectivity index (χ0v) is 18.5. The number of para-hydroxylation sites is 2. The Morgan fingerprint density at radius 3 is 2.09 bits per heavy atom. The first-order valence-electron chi connectivity index (χ1n) is 10.8. The zero-order valence-electron chi connectivity index (χ0n) is 17.7. The number of anilines is 2. The summed E-state index contributed by atoms with van der Waals surface area (Å²) in [4.78, 5) is 17.3. The van der Waals surface area contributed by atoms with Gasteiger partial charge in [0.25, 0.3) is 15.9 Å². The van der Waals surface area contributed by atoms with Crippen LogP contribution in [0.5, 0.6) is 0 Å². The summed E-state index contributed by atoms with van der Waals surface area (Å²) in [5.74, 6) is -0.0619. The van der Waals surface area contributed by atoms with Gasteiger partial charge >= 0.3 is 0 Å². The minimum atomic E-state index is -3.66. The van der Waals surface area contributed by atoms with Crippen molar-refractivity contribution < 1.29 is 13.2 Å². The molecule has 0 saturated carbocycles. The molecule has 32 heavy (non-hydrogen) atoms. The number of piperazine rings is 1. The molecular formula is C25H25N3O3S. The summed E-state index contributed by atoms with van der Waals surface area (Å²) in [7, 11) is -3.66. The summed E-state index contributed by atoms with van der Waals surface area (Å²) in [6, 6.07) is 24.1. The largest absolute Gasteiger partial charge is 0.368 e. The van der Waals surface area contributed by atoms with Crippen LogP contribution in [0.3, 0.4) is 0 Å². The van der Waals surface area contributed by atoms with E-state index in [4.69, 9.17) is 0 Å². The minimum Gasteiger partial charge on any atom is -0.368 e. The number of nitrogens with zero attached hydrogens (tertiary/aromatic N) is 3. The maximum Gasteiger partial charge on any atom is 0.264 e. The maximum absolute atomic E-state index is 13.2. The molecule has 3 aromatic rings. The molecule has 1 fully saturated rings. The van der Waals surface area contributed by atoms with Gasteiger partial charge in [-0.05, 0) is 54.4 Å². The van der Waals surface area contributed by atoms with Crippen LogP contribution in [0.25, 0.3) is 0 Å². The highest BCUT2D eigenvalue weighted by molar-refractivity contribution is 7.92. The van der Waals surface area contributed by atoms with Crippen molar-refractivity contribution in [2.24, 2.45) is 0 Å². The van der Waals surface area contributed by atoms with Crippen LogP contribution in [-0.2, 0) is 16.4 Å². The molecule has 0 spiro atoms. The second-order valence-corrected chi connectivity index (χ2v) is 9.96. The lowest BCUT2D eigenvalue weighted by Gasteiger charge is -2.36. The first kappa shape index (κ1) is 20.6. The molecule has 0 N–H and O–H groups in total. The molecule has 1 saturated heterocycles. The normalized spacial score (nSPS) is 16.2. The van der Waals surface area contributed by atoms with Gasteiger partial charge < -0.3 is 9.80 Å². The van der Waals surface area contributed by atoms with Gasteiger partial charge in [-0.15, -0.1) is 0 Å². The number of hydrogen-bond acceptors (Lipinski definition) is 4. The SMILES string of the molecule is O=C(c1ccc(S(=O)(=O)N2CCc3ccccc32)cc1)N1CCN(c2ccccc2)CC1. The number of rotatable bonds is 4. The van der Waals surface area contributed by atoms with Crippen molar-refractivity contribution in [1.82, 2.24) is 4.90 Å². The molecule has 3 aromatic carbocycles. The molecule has 0 radical (unpaired) electrons. The Balaban J connectivity index is 1.27. The summed E-state index contributed by atoms with van der Waals surface area (Å²) >= 11 is 0. The van der Waals surface area contributed by atoms with E-state index in [2.05, 4.69) is 17.0 Å². The van der Waals surface area contributed by atoms with Crippen LogP contribution in [0, 0.1) is 0 Å². The minimum absolute atomic E-state index is 0.0619. The van der Waals surface area contributed by atoms with Gasteiger partial charge in [0, 0.05) is 44.0 Å². The quantitative estimate of drug-likeness (QED) is 0.615. The Kier molecular flexibility index (Phi) is 5.35. The van der Waals surface area contributed by atoms with Crippen molar-refractivity contribution >= 4 is 27.3 Å². The van der Waals surface area contributed by atoms with E-state index in [9.17, 15) is 13.2 Å². The van der Waals surface area contributed by atoms with Crippen LogP contribution >= 0.6 is 0 Å². The van der Waals surface area contributed by atoms with Crippen molar-refractivity contribution in [3.63, 3.8) is 0 Å². The zero-order chi connectivity index (χ0) is 22.1. The van der Waals surface area contributed by atoms with Crippen LogP contribution < -0.4 is 9.21 Å². The molecule has 0 aromatic heterocycles. The molecule has 2 heterocycles. The van der Waals surface area contributed by atoms with Gasteiger partial charge in [-0.3, -0.25) is 9.10 Å². The molecule has 1 amide bonds. The molecule has 0 bridgehead atoms. The number of carbonyl (C=O) groups excluding carboxylic acids is 1. The van der Waals surface area contributed by atoms with Crippen LogP contribution in [-0.4, -0.2) is 51.9 Å². The Morgan fingerprint density at radius 2 is 1.38 bits per heavy atom. The lowest BCUT2D eigenvalue weighted by atomic mass is 10.1. The molecule has 6 nitrogen and oxygen atoms in total. The van der Waals surface area contributed by atoms with Crippen LogP contribution in [0.4, 0.5) is 11.4 Å². The average Bonchev–Trinajstić information content (AvgIpc) is 3.29. The summed E-state index contributed by atoms with van der Waals surface area (Å²) in [6.07, 6.45) is 0.709. The van der Waals surface area contributed by atoms with Crippen molar-refractivity contribution in [3.8, 4) is 0 Å². The second-order valence-electron chi connectivity index (χ2n) is 8.10. The molecule has 5 rings (SSSR count). The standard InChI is InChI=1S/C25H25N3O3S/c29-25(27-18-16-26(17-19-27)22-7-2-1-3-8-22)21-10-12-23(13-11-21)32(30,31)28-15-14-20-6-4-5-9-24(20)28/h1-13H,14-19H2. The fourth-order valence-electron chi connectivity index (χ4n) is 4.44. The van der Waals surface area contributed by atoms with E-state index in [1.165, 1.54) is 4.31 Å². The van der Waals surface area contributed by atoms with Crippen LogP contribution in [0.1, 0.15) is 15.9 Å². The molecular weight excluding hydrogens is 422 g/mol. The van der Waals surface area contributed by atoms with E-state index < -0.39 is 10.0 Å². The van der Waals surface area contributed by atoms with E-state index in [1.54, 1.807) is 24.3 Å². The van der Waals surface area contributed by atoms with E-state index in [0.29, 0.717) is 31.6 Å². The molecule has 164 valence electrons. The number of fused-ring (bicyclic) bond motifs is 1. The van der Waals surface area contributed by atoms with E-state index in [-0.39, 0.29) is 10.8 Å². The average molecular weight is 448 g/mol. The topological polar surface area (TPSA) is 60.9 Å². The maximum atomic E-state index is 13.2. The molecule has 2 aliphatic heterocycles. The first-order valence-corrected chi connectivity index (χ1v) is 12.3. The highest BCUT2D eigenvalue weighted by Crippen LogP contribution is 2.32. The highest BCUT2D eigenvalue weighted by atomic mass is 32.2. The van der Waals surface area contributed by atoms with Gasteiger partial charge in [0.1, 0.15) is 0 Å². The van der Waals surface area contributed by atoms with Gasteiger partial charge in [-0.25, -0.2) is 8.42 Å². The monoisotopic (exact) mass is 447 g/mol. The van der Waals surface area contributed by atoms with E-state index >= 15 is 0 Å². The van der Waals surface area contributed by atoms with Crippen LogP contribution in [0.15, 0.2) is 83.8 Å². The Hall–Kier alpha value is -3.32. The summed E-state index contributed by atoms with van der Waals surface area (Å²) in [5.41, 5.74) is 3.46. The fourth-order valence-corrected chi connectivity index (χ4v) is 5.95. The van der Waals surface area contributed by atoms with Gasteiger partial charge in [0.2, 0.25) is 0 Å². The summed E-state index contributed by atoms with van der Waals surface area (Å²) in [5, 5.41) is 0. The Labute approximate surface area is 188 Å². The fraction of sp³-hybridized carbons (Fsp3) is 0.240. The van der Waals surface area contributed by atoms with Gasteiger partial charge in [0.15, 0.2) is 0 Å². The molecule has 0 unspecified atom stereocenters.